The molecule has 40 heavy (non-hydrogen) atoms. The fraction of sp³-hybridized carbons (Fsp3) is 0.550. The number of anilines is 2. The van der Waals surface area contributed by atoms with Gasteiger partial charge in [0.2, 0.25) is 15.0 Å². The highest BCUT2D eigenvalue weighted by molar-refractivity contribution is 7.92. The van der Waals surface area contributed by atoms with E-state index < -0.39 is 50.3 Å². The number of fused-ring (bicyclic) bond motifs is 1. The molecule has 0 bridgehead atoms. The molecule has 1 aliphatic heterocycles. The van der Waals surface area contributed by atoms with Crippen LogP contribution in [0.3, 0.4) is 0 Å². The normalized spacial score (nSPS) is 16.9. The third-order valence-corrected chi connectivity index (χ3v) is 7.37. The lowest BCUT2D eigenvalue weighted by molar-refractivity contribution is -0.370. The van der Waals surface area contributed by atoms with Crippen LogP contribution in [0.4, 0.5) is 57.3 Å². The third kappa shape index (κ3) is 7.52. The van der Waals surface area contributed by atoms with E-state index in [-0.39, 0.29) is 34.8 Å². The van der Waals surface area contributed by atoms with Crippen LogP contribution in [0.25, 0.3) is 0 Å². The average Bonchev–Trinajstić information content (AvgIpc) is 3.23. The van der Waals surface area contributed by atoms with Crippen molar-refractivity contribution in [1.82, 2.24) is 10.2 Å². The first kappa shape index (κ1) is 31.4. The molecule has 0 amide bonds. The second-order valence-corrected chi connectivity index (χ2v) is 11.5. The van der Waals surface area contributed by atoms with Crippen LogP contribution >= 0.6 is 11.3 Å². The van der Waals surface area contributed by atoms with Crippen LogP contribution in [0.15, 0.2) is 22.4 Å². The SMILES string of the molecule is CC(C)N1c2cc(NS(=O)(=O)CC(F)(F)F)c(N=Nc3nnc(C(=O)OC(F)(F)C(F)(F)F)s3)cc2CCC1C. The van der Waals surface area contributed by atoms with Crippen molar-refractivity contribution in [3.63, 3.8) is 0 Å². The monoisotopic (exact) mass is 624 g/mol. The van der Waals surface area contributed by atoms with Crippen LogP contribution in [0.1, 0.15) is 42.6 Å². The Kier molecular flexibility index (Phi) is 8.64. The lowest BCUT2D eigenvalue weighted by Gasteiger charge is -2.40. The molecule has 20 heteroatoms. The molecule has 0 aliphatic carbocycles. The smallest absolute Gasteiger partial charge is 0.388 e. The molecule has 1 aromatic carbocycles. The van der Waals surface area contributed by atoms with Gasteiger partial charge >= 0.3 is 24.4 Å². The van der Waals surface area contributed by atoms with Gasteiger partial charge in [0.15, 0.2) is 5.75 Å². The van der Waals surface area contributed by atoms with Gasteiger partial charge in [-0.2, -0.15) is 35.1 Å². The topological polar surface area (TPSA) is 126 Å². The maximum absolute atomic E-state index is 13.0. The zero-order valence-corrected chi connectivity index (χ0v) is 22.3. The van der Waals surface area contributed by atoms with Crippen LogP contribution in [0.5, 0.6) is 0 Å². The molecule has 0 fully saturated rings. The molecule has 0 saturated heterocycles. The minimum absolute atomic E-state index is 0.0175. The van der Waals surface area contributed by atoms with Crippen LogP contribution < -0.4 is 9.62 Å². The summed E-state index contributed by atoms with van der Waals surface area (Å²) in [5.41, 5.74) is 0.575. The van der Waals surface area contributed by atoms with Crippen molar-refractivity contribution < 1.29 is 53.1 Å². The number of benzene rings is 1. The number of ether oxygens (including phenoxy) is 1. The van der Waals surface area contributed by atoms with E-state index in [1.807, 2.05) is 30.4 Å². The Morgan fingerprint density at radius 2 is 1.80 bits per heavy atom. The molecule has 1 atom stereocenters. The second-order valence-electron chi connectivity index (χ2n) is 8.86. The van der Waals surface area contributed by atoms with Crippen molar-refractivity contribution >= 4 is 49.5 Å². The third-order valence-electron chi connectivity index (χ3n) is 5.34. The van der Waals surface area contributed by atoms with Gasteiger partial charge in [-0.05, 0) is 51.3 Å². The highest BCUT2D eigenvalue weighted by Crippen LogP contribution is 2.41. The number of rotatable bonds is 8. The summed E-state index contributed by atoms with van der Waals surface area (Å²) >= 11 is 0.118. The number of aromatic nitrogens is 2. The van der Waals surface area contributed by atoms with Gasteiger partial charge in [-0.25, -0.2) is 13.2 Å². The molecule has 0 spiro atoms. The van der Waals surface area contributed by atoms with Gasteiger partial charge in [0.25, 0.3) is 5.13 Å². The zero-order valence-electron chi connectivity index (χ0n) is 20.6. The van der Waals surface area contributed by atoms with Crippen LogP contribution in [-0.2, 0) is 21.2 Å². The molecule has 10 nitrogen and oxygen atoms in total. The number of esters is 1. The van der Waals surface area contributed by atoms with Crippen molar-refractivity contribution in [3.8, 4) is 0 Å². The number of aryl methyl sites for hydroxylation is 1. The number of carbonyl (C=O) groups is 1. The van der Waals surface area contributed by atoms with Crippen molar-refractivity contribution in [1.29, 1.82) is 0 Å². The molecule has 0 saturated carbocycles. The molecule has 2 heterocycles. The van der Waals surface area contributed by atoms with E-state index in [2.05, 4.69) is 25.2 Å². The van der Waals surface area contributed by atoms with Crippen molar-refractivity contribution in [3.05, 3.63) is 22.7 Å². The summed E-state index contributed by atoms with van der Waals surface area (Å²) in [7, 11) is -4.96. The molecule has 1 unspecified atom stereocenters. The van der Waals surface area contributed by atoms with Gasteiger partial charge in [0.1, 0.15) is 5.69 Å². The molecule has 1 aromatic heterocycles. The predicted octanol–water partition coefficient (Wildman–Crippen LogP) is 6.12. The Morgan fingerprint density at radius 1 is 1.15 bits per heavy atom. The van der Waals surface area contributed by atoms with Crippen molar-refractivity contribution in [2.75, 3.05) is 15.4 Å². The first-order chi connectivity index (χ1) is 18.2. The van der Waals surface area contributed by atoms with Gasteiger partial charge < -0.3 is 9.64 Å². The predicted molar refractivity (Wildman–Crippen MR) is 126 cm³/mol. The summed E-state index contributed by atoms with van der Waals surface area (Å²) in [6.07, 6.45) is -15.8. The highest BCUT2D eigenvalue weighted by Gasteiger charge is 2.62. The molecule has 2 aromatic rings. The lowest BCUT2D eigenvalue weighted by atomic mass is 9.94. The Bertz CT molecular complexity index is 1390. The summed E-state index contributed by atoms with van der Waals surface area (Å²) < 4.78 is 131. The van der Waals surface area contributed by atoms with E-state index in [0.29, 0.717) is 24.1 Å². The van der Waals surface area contributed by atoms with E-state index in [0.717, 1.165) is 0 Å². The number of halogens is 8. The van der Waals surface area contributed by atoms with E-state index in [9.17, 15) is 48.3 Å². The number of hydrogen-bond donors (Lipinski definition) is 1. The van der Waals surface area contributed by atoms with Crippen molar-refractivity contribution in [2.24, 2.45) is 10.2 Å². The molecule has 1 aliphatic rings. The standard InChI is InChI=1S/C20H20F8N6O4S2/c1-9(2)34-10(3)4-5-11-6-12(13(7-14(11)34)33-40(36,37)8-18(21,22)23)29-31-17-32-30-15(39-17)16(35)38-20(27,28)19(24,25)26/h6-7,9-10,33H,4-5,8H2,1-3H3. The van der Waals surface area contributed by atoms with E-state index in [1.54, 1.807) is 0 Å². The van der Waals surface area contributed by atoms with Gasteiger partial charge in [-0.3, -0.25) is 4.72 Å². The molecular formula is C20H20F8N6O4S2. The van der Waals surface area contributed by atoms with Crippen LogP contribution in [0, 0.1) is 0 Å². The van der Waals surface area contributed by atoms with E-state index in [4.69, 9.17) is 0 Å². The van der Waals surface area contributed by atoms with Crippen LogP contribution in [0.2, 0.25) is 0 Å². The first-order valence-corrected chi connectivity index (χ1v) is 13.6. The summed E-state index contributed by atoms with van der Waals surface area (Å²) in [5.74, 6) is -4.35. The first-order valence-electron chi connectivity index (χ1n) is 11.1. The molecule has 3 rings (SSSR count). The maximum atomic E-state index is 13.0. The number of nitrogens with one attached hydrogen (secondary N) is 1. The lowest BCUT2D eigenvalue weighted by Crippen LogP contribution is -2.42. The molecule has 222 valence electrons. The number of nitrogens with zero attached hydrogens (tertiary/aromatic N) is 5. The van der Waals surface area contributed by atoms with Gasteiger partial charge in [-0.15, -0.1) is 20.4 Å². The number of carbonyl (C=O) groups excluding carboxylic acids is 1. The largest absolute Gasteiger partial charge is 0.501 e. The number of hydrogen-bond acceptors (Lipinski definition) is 10. The summed E-state index contributed by atoms with van der Waals surface area (Å²) in [4.78, 5) is 13.6. The molecular weight excluding hydrogens is 604 g/mol. The highest BCUT2D eigenvalue weighted by atomic mass is 32.2. The maximum Gasteiger partial charge on any atom is 0.501 e. The Balaban J connectivity index is 1.97. The Labute approximate surface area is 225 Å². The molecule has 1 N–H and O–H groups in total. The average molecular weight is 625 g/mol. The minimum Gasteiger partial charge on any atom is -0.388 e. The summed E-state index contributed by atoms with van der Waals surface area (Å²) in [5, 5.41) is 12.2. The second kappa shape index (κ2) is 11.0. The van der Waals surface area contributed by atoms with Gasteiger partial charge in [0, 0.05) is 17.8 Å². The van der Waals surface area contributed by atoms with Gasteiger partial charge in [-0.1, -0.05) is 11.3 Å². The molecule has 0 radical (unpaired) electrons. The minimum atomic E-state index is -6.18. The summed E-state index contributed by atoms with van der Waals surface area (Å²) in [6, 6.07) is 2.63. The van der Waals surface area contributed by atoms with Crippen LogP contribution in [-0.4, -0.2) is 60.9 Å². The number of sulfonamides is 1. The quantitative estimate of drug-likeness (QED) is 0.213. The number of alkyl halides is 8. The zero-order chi connectivity index (χ0) is 30.3. The summed E-state index contributed by atoms with van der Waals surface area (Å²) in [6.45, 7) is 5.66. The fourth-order valence-electron chi connectivity index (χ4n) is 3.83. The Morgan fingerprint density at radius 3 is 2.38 bits per heavy atom. The van der Waals surface area contributed by atoms with Gasteiger partial charge in [0.05, 0.1) is 5.69 Å². The number of azo groups is 1. The Hall–Kier alpha value is -3.16. The van der Waals surface area contributed by atoms with E-state index in [1.165, 1.54) is 12.1 Å². The van der Waals surface area contributed by atoms with E-state index >= 15 is 0 Å². The fourth-order valence-corrected chi connectivity index (χ4v) is 5.37. The van der Waals surface area contributed by atoms with Crippen molar-refractivity contribution in [2.45, 2.75) is 64.2 Å².